The second-order valence-corrected chi connectivity index (χ2v) is 6.43. The summed E-state index contributed by atoms with van der Waals surface area (Å²) in [5, 5.41) is 2.10. The van der Waals surface area contributed by atoms with Crippen molar-refractivity contribution in [1.82, 2.24) is 0 Å². The van der Waals surface area contributed by atoms with Gasteiger partial charge in [-0.2, -0.15) is 0 Å². The zero-order valence-corrected chi connectivity index (χ0v) is 12.3. The van der Waals surface area contributed by atoms with Crippen LogP contribution in [0.3, 0.4) is 0 Å². The first-order valence-electron chi connectivity index (χ1n) is 6.49. The van der Waals surface area contributed by atoms with Gasteiger partial charge >= 0.3 is 0 Å². The number of benzene rings is 1. The highest BCUT2D eigenvalue weighted by molar-refractivity contribution is 7.10. The Hall–Kier alpha value is -1.67. The first-order valence-corrected chi connectivity index (χ1v) is 7.37. The summed E-state index contributed by atoms with van der Waals surface area (Å²) < 4.78 is 0. The van der Waals surface area contributed by atoms with Crippen LogP contribution in [0.25, 0.3) is 12.2 Å². The molecular weight excluding hydrogens is 250 g/mol. The predicted octanol–water partition coefficient (Wildman–Crippen LogP) is 5.30. The highest BCUT2D eigenvalue weighted by Crippen LogP contribution is 2.40. The van der Waals surface area contributed by atoms with E-state index in [0.29, 0.717) is 0 Å². The molecule has 2 heteroatoms. The van der Waals surface area contributed by atoms with Crippen LogP contribution in [0.1, 0.15) is 36.8 Å². The van der Waals surface area contributed by atoms with E-state index >= 15 is 0 Å². The Morgan fingerprint density at radius 3 is 2.74 bits per heavy atom. The van der Waals surface area contributed by atoms with Crippen molar-refractivity contribution in [2.45, 2.75) is 26.2 Å². The molecule has 0 spiro atoms. The summed E-state index contributed by atoms with van der Waals surface area (Å²) in [6.07, 6.45) is 4.35. The van der Waals surface area contributed by atoms with Gasteiger partial charge in [-0.1, -0.05) is 32.1 Å². The van der Waals surface area contributed by atoms with Crippen LogP contribution < -0.4 is 0 Å². The molecular formula is C17H17NS. The van der Waals surface area contributed by atoms with Crippen molar-refractivity contribution in [3.8, 4) is 0 Å². The Morgan fingerprint density at radius 2 is 2.00 bits per heavy atom. The van der Waals surface area contributed by atoms with Gasteiger partial charge in [0.2, 0.25) is 0 Å². The molecule has 2 heterocycles. The lowest BCUT2D eigenvalue weighted by molar-refractivity contribution is 0.733. The third-order valence-electron chi connectivity index (χ3n) is 3.87. The number of thiophene rings is 1. The maximum Gasteiger partial charge on any atom is 0.0671 e. The lowest BCUT2D eigenvalue weighted by Crippen LogP contribution is -2.22. The van der Waals surface area contributed by atoms with Gasteiger partial charge in [0, 0.05) is 16.0 Å². The summed E-state index contributed by atoms with van der Waals surface area (Å²) in [5.74, 6) is 0. The van der Waals surface area contributed by atoms with E-state index in [4.69, 9.17) is 0 Å². The smallest absolute Gasteiger partial charge is 0.0671 e. The minimum atomic E-state index is 0.0577. The minimum Gasteiger partial charge on any atom is -0.257 e. The van der Waals surface area contributed by atoms with Crippen LogP contribution in [0, 0.1) is 0 Å². The van der Waals surface area contributed by atoms with Crippen LogP contribution >= 0.6 is 11.3 Å². The number of rotatable bonds is 2. The molecule has 0 atom stereocenters. The van der Waals surface area contributed by atoms with Crippen molar-refractivity contribution in [3.63, 3.8) is 0 Å². The molecule has 96 valence electrons. The Labute approximate surface area is 118 Å². The van der Waals surface area contributed by atoms with Crippen molar-refractivity contribution in [2.75, 3.05) is 0 Å². The molecule has 0 saturated carbocycles. The molecule has 0 unspecified atom stereocenters. The number of aliphatic imine (C=N–C) groups is 1. The van der Waals surface area contributed by atoms with Gasteiger partial charge in [0.15, 0.2) is 0 Å². The van der Waals surface area contributed by atoms with Crippen molar-refractivity contribution < 1.29 is 0 Å². The molecule has 1 aliphatic rings. The van der Waals surface area contributed by atoms with E-state index in [1.54, 1.807) is 11.3 Å². The highest BCUT2D eigenvalue weighted by Gasteiger charge is 2.31. The van der Waals surface area contributed by atoms with Crippen LogP contribution in [0.15, 0.2) is 40.7 Å². The zero-order chi connectivity index (χ0) is 13.5. The number of hydrogen-bond donors (Lipinski definition) is 0. The van der Waals surface area contributed by atoms with Gasteiger partial charge in [-0.15, -0.1) is 11.3 Å². The Morgan fingerprint density at radius 1 is 1.16 bits per heavy atom. The molecule has 0 aliphatic carbocycles. The third-order valence-corrected chi connectivity index (χ3v) is 4.71. The number of hydrogen-bond acceptors (Lipinski definition) is 2. The molecule has 1 aliphatic heterocycles. The minimum absolute atomic E-state index is 0.0577. The van der Waals surface area contributed by atoms with Crippen molar-refractivity contribution >= 4 is 34.9 Å². The molecule has 0 fully saturated rings. The predicted molar refractivity (Wildman–Crippen MR) is 85.5 cm³/mol. The molecule has 3 rings (SSSR count). The first kappa shape index (κ1) is 12.4. The third kappa shape index (κ3) is 2.17. The van der Waals surface area contributed by atoms with Crippen molar-refractivity contribution in [3.05, 3.63) is 51.7 Å². The summed E-state index contributed by atoms with van der Waals surface area (Å²) >= 11 is 1.76. The van der Waals surface area contributed by atoms with Crippen LogP contribution in [-0.4, -0.2) is 5.71 Å². The standard InChI is InChI=1S/C17H17NS/c1-12-17(2,3)15-11-13(7-9-16(15)18-12)6-8-14-5-4-10-19-14/h4-11H,1-3H3/b8-6+. The van der Waals surface area contributed by atoms with Gasteiger partial charge in [-0.05, 0) is 47.7 Å². The second-order valence-electron chi connectivity index (χ2n) is 5.45. The largest absolute Gasteiger partial charge is 0.257 e. The van der Waals surface area contributed by atoms with Gasteiger partial charge < -0.3 is 0 Å². The van der Waals surface area contributed by atoms with Crippen LogP contribution in [0.5, 0.6) is 0 Å². The summed E-state index contributed by atoms with van der Waals surface area (Å²) in [6, 6.07) is 10.7. The molecule has 0 N–H and O–H groups in total. The molecule has 1 aromatic carbocycles. The van der Waals surface area contributed by atoms with Crippen LogP contribution in [0.2, 0.25) is 0 Å². The Bertz CT molecular complexity index is 661. The quantitative estimate of drug-likeness (QED) is 0.700. The fourth-order valence-corrected chi connectivity index (χ4v) is 2.95. The van der Waals surface area contributed by atoms with E-state index in [1.807, 2.05) is 0 Å². The molecule has 1 nitrogen and oxygen atoms in total. The van der Waals surface area contributed by atoms with Crippen molar-refractivity contribution in [1.29, 1.82) is 0 Å². The molecule has 1 aromatic heterocycles. The zero-order valence-electron chi connectivity index (χ0n) is 11.5. The molecule has 0 radical (unpaired) electrons. The average Bonchev–Trinajstić information content (AvgIpc) is 2.96. The van der Waals surface area contributed by atoms with E-state index < -0.39 is 0 Å². The molecule has 0 bridgehead atoms. The fraction of sp³-hybridized carbons (Fsp3) is 0.235. The SMILES string of the molecule is CC1=Nc2ccc(/C=C/c3cccs3)cc2C1(C)C. The lowest BCUT2D eigenvalue weighted by atomic mass is 9.81. The molecule has 2 aromatic rings. The van der Waals surface area contributed by atoms with E-state index in [2.05, 4.69) is 73.6 Å². The fourth-order valence-electron chi connectivity index (χ4n) is 2.34. The molecule has 19 heavy (non-hydrogen) atoms. The lowest BCUT2D eigenvalue weighted by Gasteiger charge is -2.20. The van der Waals surface area contributed by atoms with E-state index in [-0.39, 0.29) is 5.41 Å². The van der Waals surface area contributed by atoms with E-state index in [1.165, 1.54) is 21.7 Å². The Balaban J connectivity index is 1.94. The second kappa shape index (κ2) is 4.46. The maximum absolute atomic E-state index is 4.65. The Kier molecular flexibility index (Phi) is 2.90. The maximum atomic E-state index is 4.65. The van der Waals surface area contributed by atoms with Gasteiger partial charge in [0.05, 0.1) is 5.69 Å². The van der Waals surface area contributed by atoms with Gasteiger partial charge in [0.1, 0.15) is 0 Å². The summed E-state index contributed by atoms with van der Waals surface area (Å²) in [6.45, 7) is 6.59. The van der Waals surface area contributed by atoms with Crippen LogP contribution in [0.4, 0.5) is 5.69 Å². The summed E-state index contributed by atoms with van der Waals surface area (Å²) in [7, 11) is 0. The van der Waals surface area contributed by atoms with Crippen LogP contribution in [-0.2, 0) is 5.41 Å². The molecule has 0 saturated heterocycles. The highest BCUT2D eigenvalue weighted by atomic mass is 32.1. The van der Waals surface area contributed by atoms with E-state index in [0.717, 1.165) is 5.69 Å². The van der Waals surface area contributed by atoms with E-state index in [9.17, 15) is 0 Å². The summed E-state index contributed by atoms with van der Waals surface area (Å²) in [5.41, 5.74) is 4.95. The van der Waals surface area contributed by atoms with Gasteiger partial charge in [-0.3, -0.25) is 4.99 Å². The molecule has 0 amide bonds. The number of fused-ring (bicyclic) bond motifs is 1. The summed E-state index contributed by atoms with van der Waals surface area (Å²) in [4.78, 5) is 5.94. The topological polar surface area (TPSA) is 12.4 Å². The monoisotopic (exact) mass is 267 g/mol. The normalized spacial score (nSPS) is 16.7. The average molecular weight is 267 g/mol. The van der Waals surface area contributed by atoms with Crippen molar-refractivity contribution in [2.24, 2.45) is 4.99 Å². The van der Waals surface area contributed by atoms with Gasteiger partial charge in [0.25, 0.3) is 0 Å². The number of nitrogens with zero attached hydrogens (tertiary/aromatic N) is 1. The first-order chi connectivity index (χ1) is 9.07. The van der Waals surface area contributed by atoms with Gasteiger partial charge in [-0.25, -0.2) is 0 Å².